The van der Waals surface area contributed by atoms with Crippen molar-refractivity contribution in [1.82, 2.24) is 0 Å². The van der Waals surface area contributed by atoms with Crippen LogP contribution in [0.4, 0.5) is 0 Å². The molecule has 76 valence electrons. The minimum atomic E-state index is -0.147. The van der Waals surface area contributed by atoms with Gasteiger partial charge in [0.25, 0.3) is 0 Å². The highest BCUT2D eigenvalue weighted by Crippen LogP contribution is 2.33. The van der Waals surface area contributed by atoms with Crippen LogP contribution in [0.3, 0.4) is 0 Å². The highest BCUT2D eigenvalue weighted by atomic mass is 16.5. The van der Waals surface area contributed by atoms with E-state index >= 15 is 0 Å². The Bertz CT molecular complexity index is 177. The fourth-order valence-corrected chi connectivity index (χ4v) is 2.20. The Labute approximate surface area is 80.7 Å². The zero-order valence-corrected chi connectivity index (χ0v) is 8.88. The first kappa shape index (κ1) is 10.6. The van der Waals surface area contributed by atoms with Gasteiger partial charge in [0.2, 0.25) is 0 Å². The molecule has 0 unspecified atom stereocenters. The number of hydrogen-bond donors (Lipinski definition) is 0. The monoisotopic (exact) mass is 184 g/mol. The Morgan fingerprint density at radius 2 is 2.08 bits per heavy atom. The van der Waals surface area contributed by atoms with Crippen molar-refractivity contribution in [3.63, 3.8) is 0 Å². The maximum absolute atomic E-state index is 10.6. The lowest BCUT2D eigenvalue weighted by atomic mass is 9.76. The molecule has 2 heteroatoms. The highest BCUT2D eigenvalue weighted by Gasteiger charge is 2.25. The summed E-state index contributed by atoms with van der Waals surface area (Å²) in [6.45, 7) is 6.68. The topological polar surface area (TPSA) is 26.3 Å². The van der Waals surface area contributed by atoms with Crippen LogP contribution in [0.25, 0.3) is 0 Å². The molecule has 2 nitrogen and oxygen atoms in total. The smallest absolute Gasteiger partial charge is 0.302 e. The summed E-state index contributed by atoms with van der Waals surface area (Å²) in [5.74, 6) is 2.01. The van der Waals surface area contributed by atoms with Crippen molar-refractivity contribution in [2.24, 2.45) is 17.8 Å². The zero-order chi connectivity index (χ0) is 9.84. The van der Waals surface area contributed by atoms with Gasteiger partial charge < -0.3 is 4.74 Å². The molecule has 0 aliphatic heterocycles. The van der Waals surface area contributed by atoms with E-state index in [0.717, 1.165) is 5.92 Å². The molecular weight excluding hydrogens is 164 g/mol. The summed E-state index contributed by atoms with van der Waals surface area (Å²) >= 11 is 0. The number of carbonyl (C=O) groups excluding carboxylic acids is 1. The Morgan fingerprint density at radius 1 is 1.38 bits per heavy atom. The summed E-state index contributed by atoms with van der Waals surface area (Å²) in [6, 6.07) is 0. The first-order valence-corrected chi connectivity index (χ1v) is 5.23. The second-order valence-electron chi connectivity index (χ2n) is 4.46. The van der Waals surface area contributed by atoms with E-state index in [1.807, 2.05) is 0 Å². The van der Waals surface area contributed by atoms with Crippen molar-refractivity contribution in [3.05, 3.63) is 0 Å². The molecule has 1 aliphatic carbocycles. The maximum Gasteiger partial charge on any atom is 0.302 e. The van der Waals surface area contributed by atoms with E-state index in [9.17, 15) is 4.79 Å². The third-order valence-electron chi connectivity index (χ3n) is 3.11. The predicted octanol–water partition coefficient (Wildman–Crippen LogP) is 2.62. The summed E-state index contributed by atoms with van der Waals surface area (Å²) in [6.07, 6.45) is 3.79. The standard InChI is InChI=1S/C11H20O2/c1-8-4-5-11(9(2)6-8)7-13-10(3)12/h8-9,11H,4-7H2,1-3H3/t8-,9-,11+/m0/s1. The lowest BCUT2D eigenvalue weighted by Crippen LogP contribution is -2.26. The Morgan fingerprint density at radius 3 is 2.62 bits per heavy atom. The molecule has 0 aromatic heterocycles. The second-order valence-corrected chi connectivity index (χ2v) is 4.46. The Balaban J connectivity index is 2.29. The molecule has 1 aliphatic rings. The van der Waals surface area contributed by atoms with Crippen LogP contribution in [0.5, 0.6) is 0 Å². The van der Waals surface area contributed by atoms with Gasteiger partial charge in [0, 0.05) is 6.92 Å². The van der Waals surface area contributed by atoms with E-state index < -0.39 is 0 Å². The predicted molar refractivity (Wildman–Crippen MR) is 52.3 cm³/mol. The largest absolute Gasteiger partial charge is 0.466 e. The van der Waals surface area contributed by atoms with E-state index in [2.05, 4.69) is 13.8 Å². The maximum atomic E-state index is 10.6. The lowest BCUT2D eigenvalue weighted by Gasteiger charge is -2.31. The zero-order valence-electron chi connectivity index (χ0n) is 8.88. The van der Waals surface area contributed by atoms with Crippen molar-refractivity contribution in [3.8, 4) is 0 Å². The van der Waals surface area contributed by atoms with E-state index in [-0.39, 0.29) is 5.97 Å². The molecule has 13 heavy (non-hydrogen) atoms. The van der Waals surface area contributed by atoms with Crippen molar-refractivity contribution in [2.45, 2.75) is 40.0 Å². The third-order valence-corrected chi connectivity index (χ3v) is 3.11. The first-order valence-electron chi connectivity index (χ1n) is 5.23. The average molecular weight is 184 g/mol. The SMILES string of the molecule is CC(=O)OC[C@H]1CC[C@H](C)C[C@@H]1C. The third kappa shape index (κ3) is 3.37. The van der Waals surface area contributed by atoms with Gasteiger partial charge in [0.1, 0.15) is 0 Å². The number of carbonyl (C=O) groups is 1. The number of ether oxygens (including phenoxy) is 1. The quantitative estimate of drug-likeness (QED) is 0.617. The summed E-state index contributed by atoms with van der Waals surface area (Å²) < 4.78 is 5.05. The lowest BCUT2D eigenvalue weighted by molar-refractivity contribution is -0.143. The minimum Gasteiger partial charge on any atom is -0.466 e. The molecule has 3 atom stereocenters. The van der Waals surface area contributed by atoms with E-state index in [1.54, 1.807) is 0 Å². The summed E-state index contributed by atoms with van der Waals surface area (Å²) in [5.41, 5.74) is 0. The van der Waals surface area contributed by atoms with Gasteiger partial charge in [-0.1, -0.05) is 20.3 Å². The normalized spacial score (nSPS) is 34.2. The van der Waals surface area contributed by atoms with Gasteiger partial charge in [-0.3, -0.25) is 4.79 Å². The van der Waals surface area contributed by atoms with Crippen LogP contribution >= 0.6 is 0 Å². The number of hydrogen-bond acceptors (Lipinski definition) is 2. The van der Waals surface area contributed by atoms with Crippen molar-refractivity contribution >= 4 is 5.97 Å². The molecule has 0 spiro atoms. The number of esters is 1. The molecule has 1 saturated carbocycles. The van der Waals surface area contributed by atoms with E-state index in [4.69, 9.17) is 4.74 Å². The van der Waals surface area contributed by atoms with Crippen LogP contribution in [0.1, 0.15) is 40.0 Å². The van der Waals surface area contributed by atoms with Crippen LogP contribution in [0.2, 0.25) is 0 Å². The molecule has 0 bridgehead atoms. The molecule has 0 aromatic carbocycles. The first-order chi connectivity index (χ1) is 6.09. The fourth-order valence-electron chi connectivity index (χ4n) is 2.20. The Hall–Kier alpha value is -0.530. The number of rotatable bonds is 2. The van der Waals surface area contributed by atoms with E-state index in [0.29, 0.717) is 18.4 Å². The molecule has 0 radical (unpaired) electrons. The van der Waals surface area contributed by atoms with Crippen molar-refractivity contribution < 1.29 is 9.53 Å². The van der Waals surface area contributed by atoms with Crippen LogP contribution < -0.4 is 0 Å². The summed E-state index contributed by atoms with van der Waals surface area (Å²) in [5, 5.41) is 0. The molecule has 0 saturated heterocycles. The molecular formula is C11H20O2. The molecule has 0 amide bonds. The van der Waals surface area contributed by atoms with Gasteiger partial charge in [-0.25, -0.2) is 0 Å². The van der Waals surface area contributed by atoms with Crippen LogP contribution in [-0.2, 0) is 9.53 Å². The van der Waals surface area contributed by atoms with Crippen LogP contribution in [-0.4, -0.2) is 12.6 Å². The van der Waals surface area contributed by atoms with Gasteiger partial charge in [0.05, 0.1) is 6.61 Å². The van der Waals surface area contributed by atoms with Crippen LogP contribution in [0, 0.1) is 17.8 Å². The fraction of sp³-hybridized carbons (Fsp3) is 0.909. The molecule has 0 N–H and O–H groups in total. The minimum absolute atomic E-state index is 0.147. The van der Waals surface area contributed by atoms with Gasteiger partial charge >= 0.3 is 5.97 Å². The van der Waals surface area contributed by atoms with Crippen molar-refractivity contribution in [1.29, 1.82) is 0 Å². The van der Waals surface area contributed by atoms with Gasteiger partial charge in [-0.2, -0.15) is 0 Å². The van der Waals surface area contributed by atoms with Crippen LogP contribution in [0.15, 0.2) is 0 Å². The molecule has 0 heterocycles. The highest BCUT2D eigenvalue weighted by molar-refractivity contribution is 5.65. The summed E-state index contributed by atoms with van der Waals surface area (Å²) in [7, 11) is 0. The summed E-state index contributed by atoms with van der Waals surface area (Å²) in [4.78, 5) is 10.6. The molecule has 1 fully saturated rings. The average Bonchev–Trinajstić information content (AvgIpc) is 2.02. The molecule has 1 rings (SSSR count). The van der Waals surface area contributed by atoms with Gasteiger partial charge in [-0.15, -0.1) is 0 Å². The van der Waals surface area contributed by atoms with E-state index in [1.165, 1.54) is 26.2 Å². The van der Waals surface area contributed by atoms with Crippen molar-refractivity contribution in [2.75, 3.05) is 6.61 Å². The Kier molecular flexibility index (Phi) is 3.76. The van der Waals surface area contributed by atoms with Gasteiger partial charge in [-0.05, 0) is 30.6 Å². The molecule has 0 aromatic rings. The van der Waals surface area contributed by atoms with Gasteiger partial charge in [0.15, 0.2) is 0 Å². The second kappa shape index (κ2) is 4.64.